The number of hydrogen-bond acceptors (Lipinski definition) is 7. The Morgan fingerprint density at radius 1 is 1.03 bits per heavy atom. The molecule has 1 aliphatic carbocycles. The molecule has 38 heavy (non-hydrogen) atoms. The normalized spacial score (nSPS) is 17.3. The molecule has 2 aromatic heterocycles. The number of allylic oxidation sites excluding steroid dienone is 2. The second-order valence-electron chi connectivity index (χ2n) is 9.00. The molecule has 0 radical (unpaired) electrons. The summed E-state index contributed by atoms with van der Waals surface area (Å²) in [5, 5.41) is 14.1. The van der Waals surface area contributed by atoms with E-state index in [4.69, 9.17) is 5.14 Å². The summed E-state index contributed by atoms with van der Waals surface area (Å²) in [6.07, 6.45) is 8.39. The molecule has 0 fully saturated rings. The van der Waals surface area contributed by atoms with Gasteiger partial charge in [0.05, 0.1) is 11.4 Å². The van der Waals surface area contributed by atoms with E-state index in [2.05, 4.69) is 30.9 Å². The Labute approximate surface area is 222 Å². The number of carbonyl (C=O) groups is 1. The fourth-order valence-electron chi connectivity index (χ4n) is 4.32. The van der Waals surface area contributed by atoms with Gasteiger partial charge in [-0.25, -0.2) is 28.3 Å². The van der Waals surface area contributed by atoms with E-state index in [-0.39, 0.29) is 6.03 Å². The lowest BCUT2D eigenvalue weighted by atomic mass is 9.88. The molecule has 2 amide bonds. The minimum atomic E-state index is -3.83. The second kappa shape index (κ2) is 11.1. The zero-order valence-corrected chi connectivity index (χ0v) is 22.3. The van der Waals surface area contributed by atoms with Gasteiger partial charge in [0.25, 0.3) is 0 Å². The van der Waals surface area contributed by atoms with Gasteiger partial charge in [-0.15, -0.1) is 0 Å². The Bertz CT molecular complexity index is 1500. The lowest BCUT2D eigenvalue weighted by molar-refractivity contribution is 0.254. The van der Waals surface area contributed by atoms with Crippen LogP contribution < -0.4 is 21.1 Å². The van der Waals surface area contributed by atoms with E-state index in [1.165, 1.54) is 0 Å². The molecular weight excluding hydrogens is 502 g/mol. The maximum absolute atomic E-state index is 12.5. The van der Waals surface area contributed by atoms with Gasteiger partial charge in [-0.3, -0.25) is 4.98 Å². The summed E-state index contributed by atoms with van der Waals surface area (Å²) in [7, 11) is -2.27. The topological polar surface area (TPSA) is 152 Å². The van der Waals surface area contributed by atoms with E-state index >= 15 is 0 Å². The van der Waals surface area contributed by atoms with Crippen LogP contribution in [0.5, 0.6) is 0 Å². The molecule has 5 N–H and O–H groups in total. The smallest absolute Gasteiger partial charge is 0.318 e. The van der Waals surface area contributed by atoms with Crippen LogP contribution in [-0.4, -0.2) is 41.2 Å². The van der Waals surface area contributed by atoms with Crippen LogP contribution in [0, 0.1) is 0 Å². The van der Waals surface area contributed by atoms with Gasteiger partial charge >= 0.3 is 6.03 Å². The third kappa shape index (κ3) is 5.90. The molecule has 1 aliphatic rings. The van der Waals surface area contributed by atoms with Crippen molar-refractivity contribution in [2.24, 2.45) is 5.14 Å². The molecular formula is C27H31N7O3S. The van der Waals surface area contributed by atoms with Crippen molar-refractivity contribution < 1.29 is 13.2 Å². The first kappa shape index (κ1) is 27.0. The van der Waals surface area contributed by atoms with Crippen LogP contribution in [0.1, 0.15) is 33.1 Å². The molecule has 11 heteroatoms. The number of hydrogen-bond donors (Lipinski definition) is 4. The first-order valence-corrected chi connectivity index (χ1v) is 13.8. The number of carbonyl (C=O) groups excluding carboxylic acids is 1. The van der Waals surface area contributed by atoms with Gasteiger partial charge in [0.15, 0.2) is 0 Å². The third-order valence-electron chi connectivity index (χ3n) is 6.56. The third-order valence-corrected chi connectivity index (χ3v) is 8.24. The van der Waals surface area contributed by atoms with Crippen LogP contribution in [-0.2, 0) is 10.0 Å². The lowest BCUT2D eigenvalue weighted by Gasteiger charge is -2.32. The van der Waals surface area contributed by atoms with Crippen LogP contribution in [0.25, 0.3) is 22.5 Å². The molecule has 0 spiro atoms. The minimum absolute atomic E-state index is 0.290. The minimum Gasteiger partial charge on any atom is -0.341 e. The molecule has 4 rings (SSSR count). The van der Waals surface area contributed by atoms with Crippen molar-refractivity contribution in [1.29, 1.82) is 0 Å². The number of sulfonamides is 1. The number of pyridine rings is 1. The van der Waals surface area contributed by atoms with Gasteiger partial charge in [0, 0.05) is 42.0 Å². The maximum Gasteiger partial charge on any atom is 0.318 e. The molecule has 0 aliphatic heterocycles. The van der Waals surface area contributed by atoms with Crippen molar-refractivity contribution in [3.8, 4) is 22.5 Å². The summed E-state index contributed by atoms with van der Waals surface area (Å²) in [6, 6.07) is 12.6. The number of nitrogens with one attached hydrogen (secondary N) is 3. The highest BCUT2D eigenvalue weighted by Crippen LogP contribution is 2.36. The van der Waals surface area contributed by atoms with Crippen LogP contribution >= 0.6 is 0 Å². The number of amides is 2. The number of urea groups is 1. The number of anilines is 2. The molecule has 3 aromatic rings. The van der Waals surface area contributed by atoms with Crippen molar-refractivity contribution in [3.63, 3.8) is 0 Å². The molecule has 10 nitrogen and oxygen atoms in total. The van der Waals surface area contributed by atoms with E-state index < -0.39 is 14.8 Å². The average molecular weight is 534 g/mol. The molecule has 1 aromatic carbocycles. The van der Waals surface area contributed by atoms with Gasteiger partial charge in [-0.2, -0.15) is 0 Å². The summed E-state index contributed by atoms with van der Waals surface area (Å²) in [6.45, 7) is 3.81. The highest BCUT2D eigenvalue weighted by Gasteiger charge is 2.40. The fourth-order valence-corrected chi connectivity index (χ4v) is 5.40. The standard InChI is InChI=1S/C27H31N7O3S/c1-4-18-14-22(17-27(5-2,16-18)38(28,36)37)32-25-31-13-11-23(34-25)20-10-12-30-24(15-20)19-6-8-21(9-7-19)33-26(35)29-3/h6-15,17H,4-5,16H2,1-3H3,(H2,28,36,37)(H2,29,33,35)(H,31,32,34). The van der Waals surface area contributed by atoms with Crippen LogP contribution in [0.3, 0.4) is 0 Å². The Kier molecular flexibility index (Phi) is 7.88. The number of benzene rings is 1. The highest BCUT2D eigenvalue weighted by molar-refractivity contribution is 7.90. The van der Waals surface area contributed by atoms with Gasteiger partial charge < -0.3 is 16.0 Å². The number of nitrogens with two attached hydrogens (primary N) is 1. The van der Waals surface area contributed by atoms with E-state index in [0.29, 0.717) is 42.3 Å². The molecule has 0 bridgehead atoms. The van der Waals surface area contributed by atoms with Crippen molar-refractivity contribution in [1.82, 2.24) is 20.3 Å². The van der Waals surface area contributed by atoms with E-state index in [0.717, 1.165) is 22.4 Å². The highest BCUT2D eigenvalue weighted by atomic mass is 32.2. The fraction of sp³-hybridized carbons (Fsp3) is 0.259. The summed E-state index contributed by atoms with van der Waals surface area (Å²) in [5.41, 5.74) is 5.39. The van der Waals surface area contributed by atoms with Gasteiger partial charge in [-0.05, 0) is 61.7 Å². The zero-order chi connectivity index (χ0) is 27.3. The number of nitrogens with zero attached hydrogens (tertiary/aromatic N) is 3. The quantitative estimate of drug-likeness (QED) is 0.334. The summed E-state index contributed by atoms with van der Waals surface area (Å²) in [5.74, 6) is 0.338. The maximum atomic E-state index is 12.5. The predicted octanol–water partition coefficient (Wildman–Crippen LogP) is 4.43. The van der Waals surface area contributed by atoms with Crippen LogP contribution in [0.4, 0.5) is 16.4 Å². The van der Waals surface area contributed by atoms with Crippen molar-refractivity contribution in [3.05, 3.63) is 78.3 Å². The first-order chi connectivity index (χ1) is 18.2. The molecule has 1 unspecified atom stereocenters. The molecule has 1 atom stereocenters. The van der Waals surface area contributed by atoms with Crippen molar-refractivity contribution in [2.45, 2.75) is 37.9 Å². The Morgan fingerprint density at radius 2 is 1.76 bits per heavy atom. The molecule has 2 heterocycles. The Morgan fingerprint density at radius 3 is 2.42 bits per heavy atom. The lowest BCUT2D eigenvalue weighted by Crippen LogP contribution is -2.43. The van der Waals surface area contributed by atoms with Crippen molar-refractivity contribution in [2.75, 3.05) is 17.7 Å². The van der Waals surface area contributed by atoms with E-state index in [1.807, 2.05) is 44.2 Å². The second-order valence-corrected chi connectivity index (χ2v) is 10.9. The average Bonchev–Trinajstić information content (AvgIpc) is 2.92. The summed E-state index contributed by atoms with van der Waals surface area (Å²) in [4.78, 5) is 25.0. The Hall–Kier alpha value is -4.09. The number of rotatable bonds is 8. The van der Waals surface area contributed by atoms with Crippen LogP contribution in [0.15, 0.2) is 78.3 Å². The predicted molar refractivity (Wildman–Crippen MR) is 150 cm³/mol. The first-order valence-electron chi connectivity index (χ1n) is 12.3. The Balaban J connectivity index is 1.60. The van der Waals surface area contributed by atoms with Crippen LogP contribution in [0.2, 0.25) is 0 Å². The van der Waals surface area contributed by atoms with E-state index in [1.54, 1.807) is 43.7 Å². The monoisotopic (exact) mass is 533 g/mol. The van der Waals surface area contributed by atoms with E-state index in [9.17, 15) is 13.2 Å². The zero-order valence-electron chi connectivity index (χ0n) is 21.5. The van der Waals surface area contributed by atoms with Gasteiger partial charge in [0.2, 0.25) is 16.0 Å². The molecule has 0 saturated carbocycles. The SMILES string of the molecule is CCC1=CC(Nc2nccc(-c3ccnc(-c4ccc(NC(=O)NC)cc4)c3)n2)=CC(CC)(S(N)(=O)=O)C1. The number of primary sulfonamides is 1. The van der Waals surface area contributed by atoms with Crippen molar-refractivity contribution >= 4 is 27.7 Å². The summed E-state index contributed by atoms with van der Waals surface area (Å²) >= 11 is 0. The van der Waals surface area contributed by atoms with Gasteiger partial charge in [0.1, 0.15) is 4.75 Å². The number of aromatic nitrogens is 3. The largest absolute Gasteiger partial charge is 0.341 e. The molecule has 0 saturated heterocycles. The van der Waals surface area contributed by atoms with Gasteiger partial charge in [-0.1, -0.05) is 31.6 Å². The molecule has 198 valence electrons. The summed E-state index contributed by atoms with van der Waals surface area (Å²) < 4.78 is 23.8.